The number of carbonyl (C=O) groups excluding carboxylic acids is 1. The van der Waals surface area contributed by atoms with Gasteiger partial charge in [-0.1, -0.05) is 54.6 Å². The van der Waals surface area contributed by atoms with Gasteiger partial charge in [0.2, 0.25) is 0 Å². The molecule has 5 aromatic rings. The van der Waals surface area contributed by atoms with Gasteiger partial charge in [0, 0.05) is 50.2 Å². The van der Waals surface area contributed by atoms with Crippen molar-refractivity contribution < 1.29 is 40.6 Å². The first-order valence-corrected chi connectivity index (χ1v) is 17.9. The molecule has 2 aliphatic heterocycles. The van der Waals surface area contributed by atoms with Crippen LogP contribution in [0.15, 0.2) is 97.1 Å². The molecular weight excluding hydrogens is 713 g/mol. The minimum absolute atomic E-state index is 0.0254. The molecule has 2 saturated heterocycles. The maximum atomic E-state index is 13.8. The van der Waals surface area contributed by atoms with Crippen molar-refractivity contribution in [1.29, 1.82) is 0 Å². The second kappa shape index (κ2) is 14.8. The molecule has 3 heterocycles. The first-order valence-electron chi connectivity index (χ1n) is 17.9. The highest BCUT2D eigenvalue weighted by atomic mass is 19.4. The van der Waals surface area contributed by atoms with E-state index < -0.39 is 46.6 Å². The molecule has 1 N–H and O–H groups in total. The molecule has 13 heteroatoms. The van der Waals surface area contributed by atoms with Crippen LogP contribution in [0.25, 0.3) is 11.0 Å². The number of halogens is 7. The first-order chi connectivity index (χ1) is 25.6. The summed E-state index contributed by atoms with van der Waals surface area (Å²) in [5.41, 5.74) is -1.28. The Bertz CT molecular complexity index is 2060. The Labute approximate surface area is 307 Å². The zero-order valence-electron chi connectivity index (χ0n) is 29.3. The fourth-order valence-electron chi connectivity index (χ4n) is 7.94. The number of piperidine rings is 2. The van der Waals surface area contributed by atoms with Gasteiger partial charge in [0.1, 0.15) is 11.6 Å². The molecule has 4 aromatic carbocycles. The minimum Gasteiger partial charge on any atom is -0.389 e. The number of likely N-dealkylation sites (tertiary alicyclic amines) is 2. The number of fused-ring (bicyclic) bond motifs is 1. The van der Waals surface area contributed by atoms with Gasteiger partial charge in [-0.25, -0.2) is 9.37 Å². The van der Waals surface area contributed by atoms with Crippen molar-refractivity contribution in [2.75, 3.05) is 19.6 Å². The second-order valence-corrected chi connectivity index (χ2v) is 14.5. The van der Waals surface area contributed by atoms with Crippen LogP contribution in [-0.2, 0) is 31.7 Å². The van der Waals surface area contributed by atoms with E-state index in [1.54, 1.807) is 12.1 Å². The summed E-state index contributed by atoms with van der Waals surface area (Å²) in [7, 11) is 0. The largest absolute Gasteiger partial charge is 0.416 e. The summed E-state index contributed by atoms with van der Waals surface area (Å²) in [5.74, 6) is -0.480. The van der Waals surface area contributed by atoms with Crippen molar-refractivity contribution in [2.24, 2.45) is 0 Å². The zero-order valence-corrected chi connectivity index (χ0v) is 29.3. The van der Waals surface area contributed by atoms with Gasteiger partial charge in [-0.2, -0.15) is 26.3 Å². The quantitative estimate of drug-likeness (QED) is 0.162. The SMILES string of the molecule is O=C(c1cc(C(F)(F)F)cc(C(F)(F)F)c1)N1CC[C@@H](N2CCC(O)(Cc3nc4ccccc4n3Cc3ccc(F)cc3)CC2)C[C@H]1Cc1ccccc1. The Morgan fingerprint density at radius 2 is 1.43 bits per heavy atom. The highest BCUT2D eigenvalue weighted by Gasteiger charge is 2.42. The van der Waals surface area contributed by atoms with Crippen LogP contribution in [0.5, 0.6) is 0 Å². The number of nitrogens with zero attached hydrogens (tertiary/aromatic N) is 4. The van der Waals surface area contributed by atoms with Gasteiger partial charge in [0.05, 0.1) is 27.8 Å². The van der Waals surface area contributed by atoms with Crippen LogP contribution in [0.2, 0.25) is 0 Å². The fourth-order valence-corrected chi connectivity index (χ4v) is 7.94. The molecule has 6 nitrogen and oxygen atoms in total. The standard InChI is InChI=1S/C41H39F7N4O2/c42-32-12-10-28(11-13-32)26-52-36-9-5-4-8-35(36)49-37(52)25-39(54)15-18-50(19-16-39)33-14-17-51(34(24-33)20-27-6-2-1-3-7-27)38(53)29-21-30(40(43,44)45)23-31(22-29)41(46,47)48/h1-13,21-23,33-34,54H,14-20,24-26H2/t33-,34-/m1/s1. The Kier molecular flexibility index (Phi) is 10.3. The predicted octanol–water partition coefficient (Wildman–Crippen LogP) is 8.55. The van der Waals surface area contributed by atoms with Crippen molar-refractivity contribution in [3.8, 4) is 0 Å². The van der Waals surface area contributed by atoms with Crippen LogP contribution in [0, 0.1) is 5.82 Å². The fraction of sp³-hybridized carbons (Fsp3) is 0.366. The molecule has 0 aliphatic carbocycles. The van der Waals surface area contributed by atoms with Crippen LogP contribution in [0.1, 0.15) is 64.1 Å². The number of aromatic nitrogens is 2. The van der Waals surface area contributed by atoms with Crippen LogP contribution in [0.3, 0.4) is 0 Å². The monoisotopic (exact) mass is 752 g/mol. The normalized spacial score (nSPS) is 19.7. The van der Waals surface area contributed by atoms with E-state index in [9.17, 15) is 40.6 Å². The number of aliphatic hydroxyl groups is 1. The van der Waals surface area contributed by atoms with Crippen LogP contribution in [0.4, 0.5) is 30.7 Å². The van der Waals surface area contributed by atoms with Gasteiger partial charge in [-0.3, -0.25) is 4.79 Å². The summed E-state index contributed by atoms with van der Waals surface area (Å²) in [4.78, 5) is 22.4. The second-order valence-electron chi connectivity index (χ2n) is 14.5. The molecule has 7 rings (SSSR count). The Hall–Kier alpha value is -4.75. The lowest BCUT2D eigenvalue weighted by molar-refractivity contribution is -0.143. The number of imidazole rings is 1. The molecule has 2 fully saturated rings. The van der Waals surface area contributed by atoms with Crippen molar-refractivity contribution in [3.05, 3.63) is 137 Å². The summed E-state index contributed by atoms with van der Waals surface area (Å²) < 4.78 is 97.7. The number of benzene rings is 4. The number of rotatable bonds is 8. The van der Waals surface area contributed by atoms with Gasteiger partial charge >= 0.3 is 12.4 Å². The summed E-state index contributed by atoms with van der Waals surface area (Å²) >= 11 is 0. The molecule has 0 radical (unpaired) electrons. The minimum atomic E-state index is -5.07. The lowest BCUT2D eigenvalue weighted by Gasteiger charge is -2.47. The Balaban J connectivity index is 1.08. The lowest BCUT2D eigenvalue weighted by Crippen LogP contribution is -2.56. The number of amides is 1. The van der Waals surface area contributed by atoms with E-state index in [0.717, 1.165) is 28.0 Å². The number of alkyl halides is 6. The third-order valence-corrected chi connectivity index (χ3v) is 10.8. The average molecular weight is 753 g/mol. The van der Waals surface area contributed by atoms with Gasteiger partial charge in [-0.15, -0.1) is 0 Å². The van der Waals surface area contributed by atoms with Crippen LogP contribution < -0.4 is 0 Å². The smallest absolute Gasteiger partial charge is 0.389 e. The van der Waals surface area contributed by atoms with Crippen molar-refractivity contribution in [2.45, 2.75) is 75.1 Å². The van der Waals surface area contributed by atoms with Crippen molar-refractivity contribution >= 4 is 16.9 Å². The molecule has 2 aliphatic rings. The van der Waals surface area contributed by atoms with Gasteiger partial charge in [-0.05, 0) is 85.7 Å². The highest BCUT2D eigenvalue weighted by molar-refractivity contribution is 5.95. The Morgan fingerprint density at radius 3 is 2.07 bits per heavy atom. The summed E-state index contributed by atoms with van der Waals surface area (Å²) in [5, 5.41) is 11.9. The molecule has 1 aromatic heterocycles. The zero-order chi connectivity index (χ0) is 38.3. The average Bonchev–Trinajstić information content (AvgIpc) is 3.47. The van der Waals surface area contributed by atoms with E-state index in [0.29, 0.717) is 70.3 Å². The van der Waals surface area contributed by atoms with Gasteiger partial charge in [0.15, 0.2) is 0 Å². The topological polar surface area (TPSA) is 61.6 Å². The maximum Gasteiger partial charge on any atom is 0.416 e. The number of hydrogen-bond acceptors (Lipinski definition) is 4. The van der Waals surface area contributed by atoms with E-state index in [2.05, 4.69) is 9.47 Å². The van der Waals surface area contributed by atoms with E-state index in [1.807, 2.05) is 54.6 Å². The molecular formula is C41H39F7N4O2. The predicted molar refractivity (Wildman–Crippen MR) is 189 cm³/mol. The lowest BCUT2D eigenvalue weighted by atomic mass is 9.84. The van der Waals surface area contributed by atoms with Crippen LogP contribution >= 0.6 is 0 Å². The molecule has 54 heavy (non-hydrogen) atoms. The summed E-state index contributed by atoms with van der Waals surface area (Å²) in [6.45, 7) is 1.70. The summed E-state index contributed by atoms with van der Waals surface area (Å²) in [6, 6.07) is 23.8. The van der Waals surface area contributed by atoms with E-state index in [4.69, 9.17) is 4.98 Å². The molecule has 2 atom stereocenters. The molecule has 1 amide bonds. The van der Waals surface area contributed by atoms with E-state index >= 15 is 0 Å². The highest BCUT2D eigenvalue weighted by Crippen LogP contribution is 2.38. The van der Waals surface area contributed by atoms with Gasteiger partial charge in [0.25, 0.3) is 5.91 Å². The number of para-hydroxylation sites is 2. The first kappa shape index (κ1) is 37.6. The molecule has 0 saturated carbocycles. The van der Waals surface area contributed by atoms with E-state index in [-0.39, 0.29) is 24.5 Å². The van der Waals surface area contributed by atoms with Crippen molar-refractivity contribution in [3.63, 3.8) is 0 Å². The molecule has 0 bridgehead atoms. The maximum absolute atomic E-state index is 13.8. The molecule has 0 spiro atoms. The summed E-state index contributed by atoms with van der Waals surface area (Å²) in [6.07, 6.45) is -7.66. The molecule has 284 valence electrons. The van der Waals surface area contributed by atoms with Crippen LogP contribution in [-0.4, -0.2) is 67.7 Å². The number of carbonyl (C=O) groups is 1. The number of hydrogen-bond donors (Lipinski definition) is 1. The van der Waals surface area contributed by atoms with Gasteiger partial charge < -0.3 is 19.5 Å². The Morgan fingerprint density at radius 1 is 0.796 bits per heavy atom. The molecule has 0 unspecified atom stereocenters. The van der Waals surface area contributed by atoms with E-state index in [1.165, 1.54) is 17.0 Å². The third kappa shape index (κ3) is 8.32. The third-order valence-electron chi connectivity index (χ3n) is 10.8. The van der Waals surface area contributed by atoms with Crippen molar-refractivity contribution in [1.82, 2.24) is 19.4 Å².